The van der Waals surface area contributed by atoms with E-state index >= 15 is 0 Å². The van der Waals surface area contributed by atoms with E-state index in [2.05, 4.69) is 10.3 Å². The maximum absolute atomic E-state index is 5.85. The van der Waals surface area contributed by atoms with Crippen LogP contribution >= 0.6 is 23.8 Å². The highest BCUT2D eigenvalue weighted by molar-refractivity contribution is 7.80. The third kappa shape index (κ3) is 3.91. The predicted octanol–water partition coefficient (Wildman–Crippen LogP) is 3.02. The second kappa shape index (κ2) is 6.50. The van der Waals surface area contributed by atoms with Crippen molar-refractivity contribution in [3.8, 4) is 0 Å². The molecule has 0 aliphatic carbocycles. The summed E-state index contributed by atoms with van der Waals surface area (Å²) in [7, 11) is 0. The molecular formula is C14H14ClN3S. The van der Waals surface area contributed by atoms with Crippen LogP contribution in [0.25, 0.3) is 0 Å². The van der Waals surface area contributed by atoms with E-state index in [4.69, 9.17) is 29.6 Å². The van der Waals surface area contributed by atoms with Crippen molar-refractivity contribution in [3.63, 3.8) is 0 Å². The van der Waals surface area contributed by atoms with Crippen molar-refractivity contribution in [1.29, 1.82) is 0 Å². The molecule has 3 nitrogen and oxygen atoms in total. The number of hydrogen-bond donors (Lipinski definition) is 2. The zero-order chi connectivity index (χ0) is 13.7. The first kappa shape index (κ1) is 13.8. The van der Waals surface area contributed by atoms with E-state index in [0.29, 0.717) is 10.7 Å². The molecule has 0 amide bonds. The zero-order valence-electron chi connectivity index (χ0n) is 10.3. The number of nitrogens with one attached hydrogen (secondary N) is 1. The first-order chi connectivity index (χ1) is 9.16. The lowest BCUT2D eigenvalue weighted by atomic mass is 10.1. The third-order valence-corrected chi connectivity index (χ3v) is 3.13. The van der Waals surface area contributed by atoms with Gasteiger partial charge in [-0.2, -0.15) is 0 Å². The van der Waals surface area contributed by atoms with E-state index in [1.165, 1.54) is 5.56 Å². The molecule has 0 bridgehead atoms. The summed E-state index contributed by atoms with van der Waals surface area (Å²) in [4.78, 5) is 4.47. The Morgan fingerprint density at radius 2 is 2.00 bits per heavy atom. The lowest BCUT2D eigenvalue weighted by Crippen LogP contribution is -2.16. The van der Waals surface area contributed by atoms with Crippen LogP contribution in [0, 0.1) is 0 Å². The number of hydrogen-bond acceptors (Lipinski definition) is 3. The Balaban J connectivity index is 1.96. The summed E-state index contributed by atoms with van der Waals surface area (Å²) in [5, 5.41) is 4.04. The highest BCUT2D eigenvalue weighted by atomic mass is 35.5. The largest absolute Gasteiger partial charge is 0.388 e. The molecule has 0 unspecified atom stereocenters. The molecule has 5 heteroatoms. The van der Waals surface area contributed by atoms with Crippen LogP contribution in [-0.2, 0) is 6.42 Å². The number of nitrogens with zero attached hydrogens (tertiary/aromatic N) is 1. The molecule has 0 saturated heterocycles. The number of anilines is 1. The van der Waals surface area contributed by atoms with Gasteiger partial charge in [-0.15, -0.1) is 0 Å². The van der Waals surface area contributed by atoms with Gasteiger partial charge >= 0.3 is 0 Å². The normalized spacial score (nSPS) is 10.2. The predicted molar refractivity (Wildman–Crippen MR) is 83.8 cm³/mol. The second-order valence-corrected chi connectivity index (χ2v) is 4.94. The molecule has 98 valence electrons. The molecule has 0 aliphatic heterocycles. The first-order valence-corrected chi connectivity index (χ1v) is 6.68. The lowest BCUT2D eigenvalue weighted by molar-refractivity contribution is 1.02. The van der Waals surface area contributed by atoms with E-state index in [9.17, 15) is 0 Å². The maximum atomic E-state index is 5.85. The number of rotatable bonds is 5. The van der Waals surface area contributed by atoms with Crippen LogP contribution < -0.4 is 11.1 Å². The molecule has 0 spiro atoms. The molecule has 2 aromatic rings. The molecule has 0 fully saturated rings. The van der Waals surface area contributed by atoms with Crippen LogP contribution in [0.3, 0.4) is 0 Å². The lowest BCUT2D eigenvalue weighted by Gasteiger charge is -2.10. The SMILES string of the molecule is NC(=S)c1ncccc1NCCc1ccc(Cl)cc1. The molecule has 2 rings (SSSR count). The number of thiocarbonyl (C=S) groups is 1. The Labute approximate surface area is 122 Å². The van der Waals surface area contributed by atoms with Crippen LogP contribution in [0.15, 0.2) is 42.6 Å². The van der Waals surface area contributed by atoms with Gasteiger partial charge in [0.25, 0.3) is 0 Å². The highest BCUT2D eigenvalue weighted by Crippen LogP contribution is 2.13. The number of benzene rings is 1. The highest BCUT2D eigenvalue weighted by Gasteiger charge is 2.05. The van der Waals surface area contributed by atoms with Crippen molar-refractivity contribution in [2.75, 3.05) is 11.9 Å². The fourth-order valence-electron chi connectivity index (χ4n) is 1.74. The Hall–Kier alpha value is -1.65. The summed E-state index contributed by atoms with van der Waals surface area (Å²) in [6, 6.07) is 11.6. The first-order valence-electron chi connectivity index (χ1n) is 5.90. The molecule has 0 aliphatic rings. The van der Waals surface area contributed by atoms with Gasteiger partial charge in [-0.25, -0.2) is 0 Å². The van der Waals surface area contributed by atoms with Gasteiger partial charge in [0.05, 0.1) is 5.69 Å². The molecule has 0 radical (unpaired) electrons. The smallest absolute Gasteiger partial charge is 0.124 e. The van der Waals surface area contributed by atoms with Crippen LogP contribution in [0.1, 0.15) is 11.3 Å². The fraction of sp³-hybridized carbons (Fsp3) is 0.143. The van der Waals surface area contributed by atoms with Crippen molar-refractivity contribution in [1.82, 2.24) is 4.98 Å². The average molecular weight is 292 g/mol. The van der Waals surface area contributed by atoms with Gasteiger partial charge in [0.15, 0.2) is 0 Å². The standard InChI is InChI=1S/C14H14ClN3S/c15-11-5-3-10(4-6-11)7-9-17-12-2-1-8-18-13(12)14(16)19/h1-6,8,17H,7,9H2,(H2,16,19). The molecule has 3 N–H and O–H groups in total. The Morgan fingerprint density at radius 1 is 1.26 bits per heavy atom. The van der Waals surface area contributed by atoms with Gasteiger partial charge in [-0.3, -0.25) is 4.98 Å². The van der Waals surface area contributed by atoms with Crippen molar-refractivity contribution in [3.05, 3.63) is 58.9 Å². The van der Waals surface area contributed by atoms with E-state index < -0.39 is 0 Å². The number of nitrogens with two attached hydrogens (primary N) is 1. The monoisotopic (exact) mass is 291 g/mol. The van der Waals surface area contributed by atoms with Gasteiger partial charge < -0.3 is 11.1 Å². The van der Waals surface area contributed by atoms with Crippen molar-refractivity contribution < 1.29 is 0 Å². The molecule has 0 atom stereocenters. The summed E-state index contributed by atoms with van der Waals surface area (Å²) in [5.74, 6) is 0. The number of pyridine rings is 1. The molecule has 19 heavy (non-hydrogen) atoms. The molecule has 1 aromatic heterocycles. The summed E-state index contributed by atoms with van der Waals surface area (Å²) in [6.07, 6.45) is 2.57. The molecular weight excluding hydrogens is 278 g/mol. The molecule has 1 heterocycles. The summed E-state index contributed by atoms with van der Waals surface area (Å²) in [6.45, 7) is 0.781. The van der Waals surface area contributed by atoms with Crippen molar-refractivity contribution in [2.24, 2.45) is 5.73 Å². The van der Waals surface area contributed by atoms with Gasteiger partial charge in [-0.1, -0.05) is 36.0 Å². The maximum Gasteiger partial charge on any atom is 0.124 e. The Kier molecular flexibility index (Phi) is 4.71. The van der Waals surface area contributed by atoms with Crippen molar-refractivity contribution >= 4 is 34.5 Å². The Bertz CT molecular complexity index is 569. The second-order valence-electron chi connectivity index (χ2n) is 4.07. The summed E-state index contributed by atoms with van der Waals surface area (Å²) < 4.78 is 0. The Morgan fingerprint density at radius 3 is 2.68 bits per heavy atom. The molecule has 1 aromatic carbocycles. The van der Waals surface area contributed by atoms with Gasteiger partial charge in [0.2, 0.25) is 0 Å². The van der Waals surface area contributed by atoms with E-state index in [1.807, 2.05) is 36.4 Å². The van der Waals surface area contributed by atoms with E-state index in [-0.39, 0.29) is 0 Å². The minimum absolute atomic E-state index is 0.301. The van der Waals surface area contributed by atoms with Crippen LogP contribution in [0.4, 0.5) is 5.69 Å². The minimum atomic E-state index is 0.301. The van der Waals surface area contributed by atoms with Gasteiger partial charge in [0.1, 0.15) is 10.7 Å². The summed E-state index contributed by atoms with van der Waals surface area (Å²) in [5.41, 5.74) is 8.35. The number of aromatic nitrogens is 1. The quantitative estimate of drug-likeness (QED) is 0.832. The minimum Gasteiger partial charge on any atom is -0.388 e. The third-order valence-electron chi connectivity index (χ3n) is 2.68. The van der Waals surface area contributed by atoms with Crippen molar-refractivity contribution in [2.45, 2.75) is 6.42 Å². The average Bonchev–Trinajstić information content (AvgIpc) is 2.41. The van der Waals surface area contributed by atoms with Crippen LogP contribution in [-0.4, -0.2) is 16.5 Å². The topological polar surface area (TPSA) is 50.9 Å². The van der Waals surface area contributed by atoms with Crippen LogP contribution in [0.5, 0.6) is 0 Å². The number of halogens is 1. The van der Waals surface area contributed by atoms with Gasteiger partial charge in [0, 0.05) is 17.8 Å². The van der Waals surface area contributed by atoms with E-state index in [1.54, 1.807) is 6.20 Å². The van der Waals surface area contributed by atoms with Gasteiger partial charge in [-0.05, 0) is 36.2 Å². The zero-order valence-corrected chi connectivity index (χ0v) is 11.8. The molecule has 0 saturated carbocycles. The summed E-state index contributed by atoms with van der Waals surface area (Å²) >= 11 is 10.8. The van der Waals surface area contributed by atoms with Crippen LogP contribution in [0.2, 0.25) is 5.02 Å². The fourth-order valence-corrected chi connectivity index (χ4v) is 2.03. The van der Waals surface area contributed by atoms with E-state index in [0.717, 1.165) is 23.7 Å².